The zero-order valence-corrected chi connectivity index (χ0v) is 14.3. The van der Waals surface area contributed by atoms with Crippen LogP contribution in [0.25, 0.3) is 11.0 Å². The number of hydrogen-bond donors (Lipinski definition) is 0. The Hall–Kier alpha value is -2.93. The van der Waals surface area contributed by atoms with Crippen molar-refractivity contribution in [2.45, 2.75) is 23.6 Å². The summed E-state index contributed by atoms with van der Waals surface area (Å²) in [5, 5.41) is 0.404. The molecule has 128 valence electrons. The van der Waals surface area contributed by atoms with E-state index in [1.165, 1.54) is 43.3 Å². The molecule has 6 nitrogen and oxygen atoms in total. The van der Waals surface area contributed by atoms with E-state index in [1.54, 1.807) is 12.1 Å². The molecule has 1 aromatic heterocycles. The average Bonchev–Trinajstić information content (AvgIpc) is 2.53. The number of carbonyl (C=O) groups is 1. The minimum atomic E-state index is -4.00. The van der Waals surface area contributed by atoms with E-state index in [2.05, 4.69) is 0 Å². The highest BCUT2D eigenvalue weighted by Gasteiger charge is 2.23. The summed E-state index contributed by atoms with van der Waals surface area (Å²) in [5.74, 6) is -0.308. The van der Waals surface area contributed by atoms with Crippen LogP contribution in [0.3, 0.4) is 0 Å². The monoisotopic (exact) mass is 358 g/mol. The van der Waals surface area contributed by atoms with E-state index >= 15 is 0 Å². The Morgan fingerprint density at radius 1 is 1.04 bits per heavy atom. The molecular formula is C18H14O6S. The topological polar surface area (TPSA) is 90.7 Å². The molecule has 3 aromatic rings. The molecule has 0 fully saturated rings. The van der Waals surface area contributed by atoms with E-state index in [1.807, 2.05) is 6.92 Å². The summed E-state index contributed by atoms with van der Waals surface area (Å²) < 4.78 is 35.4. The highest BCUT2D eigenvalue weighted by molar-refractivity contribution is 7.91. The van der Waals surface area contributed by atoms with Crippen LogP contribution in [0.5, 0.6) is 5.75 Å². The molecule has 0 aliphatic rings. The second kappa shape index (κ2) is 6.18. The summed E-state index contributed by atoms with van der Waals surface area (Å²) >= 11 is 0. The number of esters is 1. The van der Waals surface area contributed by atoms with Gasteiger partial charge >= 0.3 is 11.6 Å². The number of fused-ring (bicyclic) bond motifs is 1. The van der Waals surface area contributed by atoms with Crippen LogP contribution in [0.4, 0.5) is 0 Å². The van der Waals surface area contributed by atoms with Crippen LogP contribution in [-0.4, -0.2) is 14.4 Å². The lowest BCUT2D eigenvalue weighted by Gasteiger charge is -2.06. The molecular weight excluding hydrogens is 344 g/mol. The van der Waals surface area contributed by atoms with Gasteiger partial charge in [-0.15, -0.1) is 0 Å². The van der Waals surface area contributed by atoms with Gasteiger partial charge in [-0.2, -0.15) is 0 Å². The van der Waals surface area contributed by atoms with Gasteiger partial charge in [0.05, 0.1) is 4.90 Å². The number of sulfone groups is 1. The molecule has 0 aliphatic carbocycles. The van der Waals surface area contributed by atoms with Crippen molar-refractivity contribution in [1.29, 1.82) is 0 Å². The number of carbonyl (C=O) groups excluding carboxylic acids is 1. The van der Waals surface area contributed by atoms with Crippen LogP contribution in [-0.2, 0) is 14.6 Å². The second-order valence-electron chi connectivity index (χ2n) is 5.51. The summed E-state index contributed by atoms with van der Waals surface area (Å²) in [5.41, 5.74) is 0.0575. The standard InChI is InChI=1S/C18H14O6S/c1-11-3-7-15(8-4-11)25(21,22)17-9-13-5-6-14(23-12(2)19)10-16(13)24-18(17)20/h3-10H,1-2H3. The molecule has 25 heavy (non-hydrogen) atoms. The van der Waals surface area contributed by atoms with E-state index in [0.29, 0.717) is 5.39 Å². The number of rotatable bonds is 3. The summed E-state index contributed by atoms with van der Waals surface area (Å²) in [4.78, 5) is 22.8. The van der Waals surface area contributed by atoms with Gasteiger partial charge in [-0.05, 0) is 37.3 Å². The van der Waals surface area contributed by atoms with E-state index in [0.717, 1.165) is 5.56 Å². The Morgan fingerprint density at radius 3 is 2.36 bits per heavy atom. The fourth-order valence-corrected chi connectivity index (χ4v) is 3.63. The van der Waals surface area contributed by atoms with Crippen molar-refractivity contribution in [2.75, 3.05) is 0 Å². The van der Waals surface area contributed by atoms with Crippen LogP contribution in [0.1, 0.15) is 12.5 Å². The van der Waals surface area contributed by atoms with Crippen molar-refractivity contribution in [1.82, 2.24) is 0 Å². The SMILES string of the molecule is CC(=O)Oc1ccc2cc(S(=O)(=O)c3ccc(C)cc3)c(=O)oc2c1. The summed E-state index contributed by atoms with van der Waals surface area (Å²) in [6.45, 7) is 3.08. The Morgan fingerprint density at radius 2 is 1.72 bits per heavy atom. The van der Waals surface area contributed by atoms with Gasteiger partial charge in [-0.1, -0.05) is 17.7 Å². The molecule has 0 amide bonds. The first-order valence-corrected chi connectivity index (χ1v) is 8.84. The molecule has 7 heteroatoms. The van der Waals surface area contributed by atoms with Gasteiger partial charge in [-0.25, -0.2) is 13.2 Å². The number of hydrogen-bond acceptors (Lipinski definition) is 6. The van der Waals surface area contributed by atoms with Crippen LogP contribution in [0.15, 0.2) is 67.5 Å². The van der Waals surface area contributed by atoms with Gasteiger partial charge < -0.3 is 9.15 Å². The Kier molecular flexibility index (Phi) is 4.18. The Labute approximate surface area is 143 Å². The lowest BCUT2D eigenvalue weighted by molar-refractivity contribution is -0.131. The molecule has 0 atom stereocenters. The molecule has 0 unspecified atom stereocenters. The fourth-order valence-electron chi connectivity index (χ4n) is 2.33. The molecule has 0 saturated heterocycles. The average molecular weight is 358 g/mol. The third-order valence-electron chi connectivity index (χ3n) is 3.56. The molecule has 0 saturated carbocycles. The molecule has 3 rings (SSSR count). The van der Waals surface area contributed by atoms with Gasteiger partial charge in [0.2, 0.25) is 9.84 Å². The predicted octanol–water partition coefficient (Wildman–Crippen LogP) is 2.86. The van der Waals surface area contributed by atoms with Crippen molar-refractivity contribution in [3.63, 3.8) is 0 Å². The van der Waals surface area contributed by atoms with Crippen molar-refractivity contribution in [3.8, 4) is 5.75 Å². The highest BCUT2D eigenvalue weighted by Crippen LogP contribution is 2.25. The van der Waals surface area contributed by atoms with Crippen molar-refractivity contribution in [2.24, 2.45) is 0 Å². The number of benzene rings is 2. The third kappa shape index (κ3) is 3.32. The molecule has 0 bridgehead atoms. The maximum absolute atomic E-state index is 12.7. The first-order valence-electron chi connectivity index (χ1n) is 7.35. The zero-order valence-electron chi connectivity index (χ0n) is 13.5. The minimum Gasteiger partial charge on any atom is -0.427 e. The van der Waals surface area contributed by atoms with Gasteiger partial charge in [0.1, 0.15) is 11.3 Å². The van der Waals surface area contributed by atoms with Crippen molar-refractivity contribution >= 4 is 26.8 Å². The van der Waals surface area contributed by atoms with E-state index in [4.69, 9.17) is 9.15 Å². The largest absolute Gasteiger partial charge is 0.427 e. The first kappa shape index (κ1) is 16.9. The molecule has 0 radical (unpaired) electrons. The van der Waals surface area contributed by atoms with E-state index in [-0.39, 0.29) is 16.2 Å². The number of ether oxygens (including phenoxy) is 1. The summed E-state index contributed by atoms with van der Waals surface area (Å²) in [6, 6.07) is 11.8. The lowest BCUT2D eigenvalue weighted by atomic mass is 10.2. The van der Waals surface area contributed by atoms with Gasteiger partial charge in [-0.3, -0.25) is 4.79 Å². The third-order valence-corrected chi connectivity index (χ3v) is 5.31. The quantitative estimate of drug-likeness (QED) is 0.406. The van der Waals surface area contributed by atoms with Crippen LogP contribution < -0.4 is 10.4 Å². The molecule has 1 heterocycles. The normalized spacial score (nSPS) is 11.4. The summed E-state index contributed by atoms with van der Waals surface area (Å²) in [6.07, 6.45) is 0. The lowest BCUT2D eigenvalue weighted by Crippen LogP contribution is -2.14. The zero-order chi connectivity index (χ0) is 18.2. The minimum absolute atomic E-state index is 0.0151. The Bertz CT molecular complexity index is 1120. The molecule has 2 aromatic carbocycles. The molecule has 0 spiro atoms. The van der Waals surface area contributed by atoms with Crippen LogP contribution in [0.2, 0.25) is 0 Å². The summed E-state index contributed by atoms with van der Waals surface area (Å²) in [7, 11) is -4.00. The second-order valence-corrected chi connectivity index (χ2v) is 7.43. The van der Waals surface area contributed by atoms with Crippen LogP contribution >= 0.6 is 0 Å². The molecule has 0 N–H and O–H groups in total. The number of aryl methyl sites for hydroxylation is 1. The highest BCUT2D eigenvalue weighted by atomic mass is 32.2. The van der Waals surface area contributed by atoms with Crippen molar-refractivity contribution in [3.05, 3.63) is 64.5 Å². The Balaban J connectivity index is 2.14. The van der Waals surface area contributed by atoms with E-state index in [9.17, 15) is 18.0 Å². The van der Waals surface area contributed by atoms with Gasteiger partial charge in [0.15, 0.2) is 4.90 Å². The maximum atomic E-state index is 12.7. The van der Waals surface area contributed by atoms with Crippen molar-refractivity contribution < 1.29 is 22.4 Å². The smallest absolute Gasteiger partial charge is 0.355 e. The van der Waals surface area contributed by atoms with Crippen LogP contribution in [0, 0.1) is 6.92 Å². The fraction of sp³-hybridized carbons (Fsp3) is 0.111. The maximum Gasteiger partial charge on any atom is 0.355 e. The molecule has 0 aliphatic heterocycles. The van der Waals surface area contributed by atoms with Gasteiger partial charge in [0, 0.05) is 18.4 Å². The van der Waals surface area contributed by atoms with Gasteiger partial charge in [0.25, 0.3) is 0 Å². The predicted molar refractivity (Wildman–Crippen MR) is 90.4 cm³/mol. The van der Waals surface area contributed by atoms with E-state index < -0.39 is 26.3 Å². The first-order chi connectivity index (χ1) is 11.8.